The van der Waals surface area contributed by atoms with Gasteiger partial charge >= 0.3 is 12.1 Å². The summed E-state index contributed by atoms with van der Waals surface area (Å²) in [4.78, 5) is 22.7. The van der Waals surface area contributed by atoms with Crippen LogP contribution in [0.5, 0.6) is 0 Å². The number of cyclic esters (lactones) is 1. The van der Waals surface area contributed by atoms with Crippen LogP contribution >= 0.6 is 7.55 Å². The first-order valence-electron chi connectivity index (χ1n) is 3.71. The molecule has 2 atom stereocenters. The van der Waals surface area contributed by atoms with E-state index in [9.17, 15) is 9.59 Å². The molecule has 1 amide bonds. The van der Waals surface area contributed by atoms with Gasteiger partial charge in [-0.05, 0) is 0 Å². The highest BCUT2D eigenvalue weighted by Crippen LogP contribution is 2.30. The third kappa shape index (κ3) is 2.18. The van der Waals surface area contributed by atoms with E-state index in [1.54, 1.807) is 0 Å². The molecule has 6 heteroatoms. The molecule has 1 N–H and O–H groups in total. The van der Waals surface area contributed by atoms with Crippen molar-refractivity contribution in [2.75, 3.05) is 19.8 Å². The molecule has 0 aromatic carbocycles. The third-order valence-corrected chi connectivity index (χ3v) is 3.21. The monoisotopic (exact) mass is 204 g/mol. The summed E-state index contributed by atoms with van der Waals surface area (Å²) >= 11 is 0. The van der Waals surface area contributed by atoms with Gasteiger partial charge in [0, 0.05) is 0 Å². The van der Waals surface area contributed by atoms with Crippen molar-refractivity contribution in [2.45, 2.75) is 5.78 Å². The van der Waals surface area contributed by atoms with Gasteiger partial charge in [-0.25, -0.2) is 4.79 Å². The van der Waals surface area contributed by atoms with Crippen LogP contribution in [0.2, 0.25) is 0 Å². The maximum absolute atomic E-state index is 11.0. The van der Waals surface area contributed by atoms with Gasteiger partial charge in [-0.1, -0.05) is 0 Å². The Morgan fingerprint density at radius 3 is 3.00 bits per heavy atom. The summed E-state index contributed by atoms with van der Waals surface area (Å²) in [5, 5.41) is 8.53. The molecule has 0 saturated carbocycles. The SMILES string of the molecule is C=[P+](C)C1COC(=O)N1CC(=O)O. The Hall–Kier alpha value is -1.09. The second-order valence-corrected chi connectivity index (χ2v) is 4.95. The average Bonchev–Trinajstić information content (AvgIpc) is 2.32. The number of hydrogen-bond acceptors (Lipinski definition) is 3. The number of amides is 1. The molecule has 1 heterocycles. The molecule has 1 aliphatic rings. The zero-order valence-electron chi connectivity index (χ0n) is 7.27. The first-order valence-corrected chi connectivity index (χ1v) is 5.75. The highest BCUT2D eigenvalue weighted by molar-refractivity contribution is 7.55. The Morgan fingerprint density at radius 2 is 2.54 bits per heavy atom. The fourth-order valence-electron chi connectivity index (χ4n) is 1.12. The summed E-state index contributed by atoms with van der Waals surface area (Å²) in [7, 11) is -0.631. The minimum atomic E-state index is -1.03. The number of carbonyl (C=O) groups excluding carboxylic acids is 1. The van der Waals surface area contributed by atoms with Crippen LogP contribution in [0.25, 0.3) is 0 Å². The number of carboxylic acids is 1. The average molecular weight is 204 g/mol. The molecule has 1 rings (SSSR count). The Morgan fingerprint density at radius 1 is 1.92 bits per heavy atom. The van der Waals surface area contributed by atoms with Crippen molar-refractivity contribution in [2.24, 2.45) is 0 Å². The smallest absolute Gasteiger partial charge is 0.414 e. The molecule has 0 aromatic rings. The van der Waals surface area contributed by atoms with E-state index in [0.29, 0.717) is 0 Å². The van der Waals surface area contributed by atoms with Crippen molar-refractivity contribution in [3.8, 4) is 0 Å². The molecule has 1 aliphatic heterocycles. The second-order valence-electron chi connectivity index (χ2n) is 2.84. The number of ether oxygens (including phenoxy) is 1. The van der Waals surface area contributed by atoms with Crippen molar-refractivity contribution in [1.29, 1.82) is 0 Å². The van der Waals surface area contributed by atoms with Crippen LogP contribution < -0.4 is 0 Å². The maximum atomic E-state index is 11.0. The van der Waals surface area contributed by atoms with Crippen molar-refractivity contribution >= 4 is 25.9 Å². The molecule has 0 aliphatic carbocycles. The summed E-state index contributed by atoms with van der Waals surface area (Å²) in [5.74, 6) is -1.18. The Balaban J connectivity index is 2.71. The molecular weight excluding hydrogens is 193 g/mol. The Bertz CT molecular complexity index is 265. The Labute approximate surface area is 76.7 Å². The van der Waals surface area contributed by atoms with E-state index in [4.69, 9.17) is 9.84 Å². The van der Waals surface area contributed by atoms with E-state index in [1.165, 1.54) is 4.90 Å². The fraction of sp³-hybridized carbons (Fsp3) is 0.571. The largest absolute Gasteiger partial charge is 0.480 e. The van der Waals surface area contributed by atoms with Gasteiger partial charge in [-0.3, -0.25) is 9.69 Å². The van der Waals surface area contributed by atoms with Crippen molar-refractivity contribution in [3.05, 3.63) is 0 Å². The van der Waals surface area contributed by atoms with E-state index >= 15 is 0 Å². The maximum Gasteiger partial charge on any atom is 0.414 e. The van der Waals surface area contributed by atoms with Crippen molar-refractivity contribution < 1.29 is 19.4 Å². The lowest BCUT2D eigenvalue weighted by molar-refractivity contribution is -0.137. The van der Waals surface area contributed by atoms with Gasteiger partial charge in [0.15, 0.2) is 6.61 Å². The minimum Gasteiger partial charge on any atom is -0.480 e. The number of carboxylic acid groups (broad SMARTS) is 1. The lowest BCUT2D eigenvalue weighted by Gasteiger charge is -2.12. The highest BCUT2D eigenvalue weighted by Gasteiger charge is 2.40. The number of aliphatic carboxylic acids is 1. The van der Waals surface area contributed by atoms with Gasteiger partial charge in [-0.2, -0.15) is 0 Å². The topological polar surface area (TPSA) is 66.8 Å². The predicted molar refractivity (Wildman–Crippen MR) is 49.4 cm³/mol. The molecule has 5 nitrogen and oxygen atoms in total. The van der Waals surface area contributed by atoms with Crippen LogP contribution in [0.3, 0.4) is 0 Å². The number of rotatable bonds is 3. The van der Waals surface area contributed by atoms with Crippen LogP contribution in [-0.2, 0) is 9.53 Å². The van der Waals surface area contributed by atoms with Crippen LogP contribution in [0.15, 0.2) is 0 Å². The zero-order chi connectivity index (χ0) is 10.0. The number of carbonyl (C=O) groups is 2. The minimum absolute atomic E-state index is 0.154. The number of hydrogen-bond donors (Lipinski definition) is 1. The van der Waals surface area contributed by atoms with Crippen LogP contribution in [0.4, 0.5) is 4.79 Å². The molecule has 0 spiro atoms. The van der Waals surface area contributed by atoms with E-state index in [0.717, 1.165) is 0 Å². The van der Waals surface area contributed by atoms with Crippen LogP contribution in [0.1, 0.15) is 0 Å². The summed E-state index contributed by atoms with van der Waals surface area (Å²) in [6, 6.07) is 0. The molecule has 1 saturated heterocycles. The quantitative estimate of drug-likeness (QED) is 0.675. The second kappa shape index (κ2) is 3.75. The lowest BCUT2D eigenvalue weighted by Crippen LogP contribution is -2.35. The Kier molecular flexibility index (Phi) is 2.88. The third-order valence-electron chi connectivity index (χ3n) is 1.76. The normalized spacial score (nSPS) is 22.8. The summed E-state index contributed by atoms with van der Waals surface area (Å²) in [5.41, 5.74) is 0. The highest BCUT2D eigenvalue weighted by atomic mass is 31.1. The van der Waals surface area contributed by atoms with Crippen LogP contribution in [0, 0.1) is 0 Å². The van der Waals surface area contributed by atoms with Gasteiger partial charge in [0.1, 0.15) is 14.1 Å². The first kappa shape index (κ1) is 9.99. The van der Waals surface area contributed by atoms with Gasteiger partial charge in [0.25, 0.3) is 0 Å². The van der Waals surface area contributed by atoms with E-state index in [1.807, 2.05) is 6.66 Å². The van der Waals surface area contributed by atoms with Crippen molar-refractivity contribution in [3.63, 3.8) is 0 Å². The molecule has 2 unspecified atom stereocenters. The first-order chi connectivity index (χ1) is 6.02. The summed E-state index contributed by atoms with van der Waals surface area (Å²) < 4.78 is 4.74. The molecule has 72 valence electrons. The van der Waals surface area contributed by atoms with Crippen molar-refractivity contribution in [1.82, 2.24) is 4.90 Å². The summed E-state index contributed by atoms with van der Waals surface area (Å²) in [6.07, 6.45) is 3.26. The van der Waals surface area contributed by atoms with Gasteiger partial charge in [0.05, 0.1) is 13.0 Å². The molecule has 0 aromatic heterocycles. The standard InChI is InChI=1S/C7H10NO4P/c1-13(2)5-4-12-7(11)8(5)3-6(9)10/h5H,1,3-4H2,2H3/p+1. The zero-order valence-corrected chi connectivity index (χ0v) is 8.16. The molecule has 0 bridgehead atoms. The molecule has 13 heavy (non-hydrogen) atoms. The molecule has 1 fully saturated rings. The van der Waals surface area contributed by atoms with Gasteiger partial charge in [-0.15, -0.1) is 0 Å². The van der Waals surface area contributed by atoms with Gasteiger partial charge < -0.3 is 9.84 Å². The lowest BCUT2D eigenvalue weighted by atomic mass is 10.5. The van der Waals surface area contributed by atoms with E-state index in [-0.39, 0.29) is 18.9 Å². The summed E-state index contributed by atoms with van der Waals surface area (Å²) in [6.45, 7) is 1.85. The molecule has 0 radical (unpaired) electrons. The van der Waals surface area contributed by atoms with Crippen LogP contribution in [-0.4, -0.2) is 54.0 Å². The molecular formula is C7H11NO4P+. The van der Waals surface area contributed by atoms with Gasteiger partial charge in [0.2, 0.25) is 5.78 Å². The van der Waals surface area contributed by atoms with E-state index < -0.39 is 19.6 Å². The predicted octanol–water partition coefficient (Wildman–Crippen LogP) is 0.393. The number of nitrogens with zero attached hydrogens (tertiary/aromatic N) is 1. The fourth-order valence-corrected chi connectivity index (χ4v) is 2.10. The van der Waals surface area contributed by atoms with E-state index in [2.05, 4.69) is 6.30 Å².